The Morgan fingerprint density at radius 2 is 1.63 bits per heavy atom. The van der Waals surface area contributed by atoms with Gasteiger partial charge in [-0.15, -0.1) is 0 Å². The number of ether oxygens (including phenoxy) is 1. The van der Waals surface area contributed by atoms with Crippen molar-refractivity contribution in [1.29, 1.82) is 0 Å². The summed E-state index contributed by atoms with van der Waals surface area (Å²) in [6, 6.07) is 16.6. The molecule has 19 heavy (non-hydrogen) atoms. The predicted molar refractivity (Wildman–Crippen MR) is 82.3 cm³/mol. The van der Waals surface area contributed by atoms with E-state index in [1.807, 2.05) is 18.2 Å². The molecule has 2 aromatic rings. The second kappa shape index (κ2) is 6.73. The highest BCUT2D eigenvalue weighted by Crippen LogP contribution is 2.16. The maximum atomic E-state index is 5.25. The van der Waals surface area contributed by atoms with Gasteiger partial charge in [0.1, 0.15) is 5.75 Å². The molecule has 0 spiro atoms. The van der Waals surface area contributed by atoms with Crippen molar-refractivity contribution >= 4 is 15.9 Å². The van der Waals surface area contributed by atoms with Gasteiger partial charge in [-0.25, -0.2) is 0 Å². The first-order valence-electron chi connectivity index (χ1n) is 6.23. The molecule has 0 fully saturated rings. The van der Waals surface area contributed by atoms with Crippen LogP contribution in [0.3, 0.4) is 0 Å². The highest BCUT2D eigenvalue weighted by atomic mass is 79.9. The zero-order chi connectivity index (χ0) is 13.7. The van der Waals surface area contributed by atoms with Crippen LogP contribution in [0.4, 0.5) is 0 Å². The minimum atomic E-state index is 0.906. The third-order valence-corrected chi connectivity index (χ3v) is 3.42. The first-order valence-corrected chi connectivity index (χ1v) is 7.02. The molecule has 0 bridgehead atoms. The van der Waals surface area contributed by atoms with Crippen LogP contribution in [0.25, 0.3) is 0 Å². The molecule has 0 aliphatic rings. The van der Waals surface area contributed by atoms with Gasteiger partial charge < -0.3 is 4.74 Å². The Bertz CT molecular complexity index is 542. The van der Waals surface area contributed by atoms with Crippen molar-refractivity contribution in [2.75, 3.05) is 14.2 Å². The number of nitrogens with zero attached hydrogens (tertiary/aromatic N) is 1. The lowest BCUT2D eigenvalue weighted by Gasteiger charge is -2.17. The molecule has 0 saturated heterocycles. The Morgan fingerprint density at radius 3 is 2.26 bits per heavy atom. The molecule has 3 heteroatoms. The van der Waals surface area contributed by atoms with Crippen molar-refractivity contribution in [3.05, 3.63) is 64.1 Å². The lowest BCUT2D eigenvalue weighted by molar-refractivity contribution is 0.318. The van der Waals surface area contributed by atoms with Crippen molar-refractivity contribution < 1.29 is 4.74 Å². The van der Waals surface area contributed by atoms with Crippen LogP contribution in [0.2, 0.25) is 0 Å². The molecule has 0 unspecified atom stereocenters. The van der Waals surface area contributed by atoms with Crippen LogP contribution in [0.15, 0.2) is 53.0 Å². The van der Waals surface area contributed by atoms with Crippen molar-refractivity contribution in [3.8, 4) is 5.75 Å². The Balaban J connectivity index is 1.98. The predicted octanol–water partition coefficient (Wildman–Crippen LogP) is 4.09. The molecule has 2 rings (SSSR count). The van der Waals surface area contributed by atoms with Crippen LogP contribution in [-0.4, -0.2) is 19.1 Å². The first kappa shape index (κ1) is 14.1. The molecular weight excluding hydrogens is 302 g/mol. The van der Waals surface area contributed by atoms with Gasteiger partial charge in [0.15, 0.2) is 0 Å². The molecule has 2 aromatic carbocycles. The minimum Gasteiger partial charge on any atom is -0.497 e. The highest BCUT2D eigenvalue weighted by molar-refractivity contribution is 9.10. The first-order chi connectivity index (χ1) is 9.17. The van der Waals surface area contributed by atoms with Crippen LogP contribution in [0, 0.1) is 0 Å². The van der Waals surface area contributed by atoms with Crippen LogP contribution in [-0.2, 0) is 13.1 Å². The summed E-state index contributed by atoms with van der Waals surface area (Å²) in [5, 5.41) is 0. The SMILES string of the molecule is COc1cccc(CN(C)Cc2cccc(Br)c2)c1. The highest BCUT2D eigenvalue weighted by Gasteiger charge is 2.03. The average Bonchev–Trinajstić information content (AvgIpc) is 2.38. The fraction of sp³-hybridized carbons (Fsp3) is 0.250. The molecule has 0 aliphatic carbocycles. The lowest BCUT2D eigenvalue weighted by Crippen LogP contribution is -2.17. The van der Waals surface area contributed by atoms with E-state index < -0.39 is 0 Å². The molecule has 0 radical (unpaired) electrons. The summed E-state index contributed by atoms with van der Waals surface area (Å²) in [7, 11) is 3.82. The summed E-state index contributed by atoms with van der Waals surface area (Å²) >= 11 is 3.50. The number of benzene rings is 2. The molecule has 0 atom stereocenters. The Kier molecular flexibility index (Phi) is 5.00. The van der Waals surface area contributed by atoms with Crippen molar-refractivity contribution in [2.45, 2.75) is 13.1 Å². The van der Waals surface area contributed by atoms with Crippen LogP contribution in [0.5, 0.6) is 5.75 Å². The number of hydrogen-bond acceptors (Lipinski definition) is 2. The Labute approximate surface area is 123 Å². The maximum absolute atomic E-state index is 5.25. The molecule has 0 amide bonds. The summed E-state index contributed by atoms with van der Waals surface area (Å²) in [5.41, 5.74) is 2.57. The molecule has 100 valence electrons. The van der Waals surface area contributed by atoms with Gasteiger partial charge in [-0.1, -0.05) is 40.2 Å². The van der Waals surface area contributed by atoms with Crippen molar-refractivity contribution in [1.82, 2.24) is 4.90 Å². The normalized spacial score (nSPS) is 10.7. The third-order valence-electron chi connectivity index (χ3n) is 2.93. The van der Waals surface area contributed by atoms with E-state index in [1.54, 1.807) is 7.11 Å². The topological polar surface area (TPSA) is 12.5 Å². The summed E-state index contributed by atoms with van der Waals surface area (Å²) in [5.74, 6) is 0.911. The molecule has 0 aromatic heterocycles. The molecule has 2 nitrogen and oxygen atoms in total. The van der Waals surface area contributed by atoms with Crippen LogP contribution >= 0.6 is 15.9 Å². The Hall–Kier alpha value is -1.32. The van der Waals surface area contributed by atoms with E-state index in [1.165, 1.54) is 11.1 Å². The standard InChI is InChI=1S/C16H18BrNO/c1-18(11-13-5-3-7-15(17)9-13)12-14-6-4-8-16(10-14)19-2/h3-10H,11-12H2,1-2H3. The van der Waals surface area contributed by atoms with Gasteiger partial charge in [0, 0.05) is 17.6 Å². The van der Waals surface area contributed by atoms with Crippen LogP contribution < -0.4 is 4.74 Å². The zero-order valence-electron chi connectivity index (χ0n) is 11.3. The number of halogens is 1. The van der Waals surface area contributed by atoms with Gasteiger partial charge in [-0.2, -0.15) is 0 Å². The third kappa shape index (κ3) is 4.37. The van der Waals surface area contributed by atoms with E-state index >= 15 is 0 Å². The van der Waals surface area contributed by atoms with E-state index in [2.05, 4.69) is 58.2 Å². The van der Waals surface area contributed by atoms with Gasteiger partial charge in [0.2, 0.25) is 0 Å². The van der Waals surface area contributed by atoms with E-state index in [0.29, 0.717) is 0 Å². The molecule has 0 aliphatic heterocycles. The molecule has 0 heterocycles. The van der Waals surface area contributed by atoms with E-state index in [9.17, 15) is 0 Å². The van der Waals surface area contributed by atoms with Crippen molar-refractivity contribution in [3.63, 3.8) is 0 Å². The van der Waals surface area contributed by atoms with Gasteiger partial charge in [0.05, 0.1) is 7.11 Å². The van der Waals surface area contributed by atoms with Crippen molar-refractivity contribution in [2.24, 2.45) is 0 Å². The lowest BCUT2D eigenvalue weighted by atomic mass is 10.2. The monoisotopic (exact) mass is 319 g/mol. The quantitative estimate of drug-likeness (QED) is 0.823. The van der Waals surface area contributed by atoms with Gasteiger partial charge in [-0.05, 0) is 42.4 Å². The zero-order valence-corrected chi connectivity index (χ0v) is 12.9. The minimum absolute atomic E-state index is 0.906. The second-order valence-electron chi connectivity index (χ2n) is 4.65. The van der Waals surface area contributed by atoms with E-state index in [4.69, 9.17) is 4.74 Å². The largest absolute Gasteiger partial charge is 0.497 e. The summed E-state index contributed by atoms with van der Waals surface area (Å²) < 4.78 is 6.37. The number of methoxy groups -OCH3 is 1. The molecule has 0 N–H and O–H groups in total. The summed E-state index contributed by atoms with van der Waals surface area (Å²) in [4.78, 5) is 2.29. The fourth-order valence-electron chi connectivity index (χ4n) is 2.09. The van der Waals surface area contributed by atoms with Gasteiger partial charge >= 0.3 is 0 Å². The van der Waals surface area contributed by atoms with E-state index in [-0.39, 0.29) is 0 Å². The second-order valence-corrected chi connectivity index (χ2v) is 5.57. The van der Waals surface area contributed by atoms with Crippen LogP contribution in [0.1, 0.15) is 11.1 Å². The smallest absolute Gasteiger partial charge is 0.119 e. The number of hydrogen-bond donors (Lipinski definition) is 0. The summed E-state index contributed by atoms with van der Waals surface area (Å²) in [6.45, 7) is 1.83. The fourth-order valence-corrected chi connectivity index (χ4v) is 2.53. The maximum Gasteiger partial charge on any atom is 0.119 e. The molecule has 0 saturated carbocycles. The molecular formula is C16H18BrNO. The number of rotatable bonds is 5. The van der Waals surface area contributed by atoms with Gasteiger partial charge in [-0.3, -0.25) is 4.90 Å². The average molecular weight is 320 g/mol. The van der Waals surface area contributed by atoms with E-state index in [0.717, 1.165) is 23.3 Å². The Morgan fingerprint density at radius 1 is 1.00 bits per heavy atom. The summed E-state index contributed by atoms with van der Waals surface area (Å²) in [6.07, 6.45) is 0. The van der Waals surface area contributed by atoms with Gasteiger partial charge in [0.25, 0.3) is 0 Å².